The van der Waals surface area contributed by atoms with E-state index < -0.39 is 6.04 Å². The SMILES string of the molecule is CC(C)CC(CO)NC(=O)[C@H](N)Cc1ccccc1. The number of nitrogens with two attached hydrogens (primary N) is 1. The van der Waals surface area contributed by atoms with Gasteiger partial charge in [0.1, 0.15) is 0 Å². The van der Waals surface area contributed by atoms with Crippen molar-refractivity contribution < 1.29 is 9.90 Å². The summed E-state index contributed by atoms with van der Waals surface area (Å²) in [6.45, 7) is 4.05. The van der Waals surface area contributed by atoms with Crippen molar-refractivity contribution in [3.8, 4) is 0 Å². The second-order valence-electron chi connectivity index (χ2n) is 5.31. The van der Waals surface area contributed by atoms with Crippen LogP contribution in [0.5, 0.6) is 0 Å². The second kappa shape index (κ2) is 7.92. The van der Waals surface area contributed by atoms with Crippen molar-refractivity contribution >= 4 is 5.91 Å². The van der Waals surface area contributed by atoms with Gasteiger partial charge < -0.3 is 16.2 Å². The third-order valence-corrected chi connectivity index (χ3v) is 2.96. The molecule has 1 aromatic rings. The highest BCUT2D eigenvalue weighted by Crippen LogP contribution is 2.06. The number of hydrogen-bond acceptors (Lipinski definition) is 3. The first-order valence-corrected chi connectivity index (χ1v) is 6.73. The Balaban J connectivity index is 2.48. The highest BCUT2D eigenvalue weighted by atomic mass is 16.3. The molecule has 0 bridgehead atoms. The van der Waals surface area contributed by atoms with Crippen LogP contribution in [0.25, 0.3) is 0 Å². The first kappa shape index (κ1) is 15.7. The molecular weight excluding hydrogens is 240 g/mol. The van der Waals surface area contributed by atoms with Gasteiger partial charge in [-0.05, 0) is 24.3 Å². The summed E-state index contributed by atoms with van der Waals surface area (Å²) >= 11 is 0. The van der Waals surface area contributed by atoms with Crippen LogP contribution in [0, 0.1) is 5.92 Å². The smallest absolute Gasteiger partial charge is 0.237 e. The molecule has 4 nitrogen and oxygen atoms in total. The zero-order chi connectivity index (χ0) is 14.3. The number of carbonyl (C=O) groups excluding carboxylic acids is 1. The predicted octanol–water partition coefficient (Wildman–Crippen LogP) is 1.08. The number of amides is 1. The Kier molecular flexibility index (Phi) is 6.53. The molecular formula is C15H24N2O2. The molecule has 0 saturated carbocycles. The van der Waals surface area contributed by atoms with Gasteiger partial charge in [-0.25, -0.2) is 0 Å². The van der Waals surface area contributed by atoms with E-state index in [2.05, 4.69) is 19.2 Å². The van der Waals surface area contributed by atoms with E-state index in [9.17, 15) is 9.90 Å². The standard InChI is InChI=1S/C15H24N2O2/c1-11(2)8-13(10-18)17-15(19)14(16)9-12-6-4-3-5-7-12/h3-7,11,13-14,18H,8-10,16H2,1-2H3,(H,17,19)/t13?,14-/m1/s1. The van der Waals surface area contributed by atoms with Gasteiger partial charge in [-0.3, -0.25) is 4.79 Å². The molecule has 106 valence electrons. The summed E-state index contributed by atoms with van der Waals surface area (Å²) in [6, 6.07) is 8.89. The third-order valence-electron chi connectivity index (χ3n) is 2.96. The number of hydrogen-bond donors (Lipinski definition) is 3. The van der Waals surface area contributed by atoms with E-state index in [1.54, 1.807) is 0 Å². The van der Waals surface area contributed by atoms with Crippen LogP contribution < -0.4 is 11.1 Å². The molecule has 0 heterocycles. The van der Waals surface area contributed by atoms with Crippen LogP contribution in [0.3, 0.4) is 0 Å². The molecule has 4 heteroatoms. The fraction of sp³-hybridized carbons (Fsp3) is 0.533. The molecule has 0 aromatic heterocycles. The number of benzene rings is 1. The van der Waals surface area contributed by atoms with Crippen LogP contribution in [0.2, 0.25) is 0 Å². The number of rotatable bonds is 7. The normalized spacial score (nSPS) is 14.2. The number of aliphatic hydroxyl groups is 1. The Labute approximate surface area is 115 Å². The van der Waals surface area contributed by atoms with Crippen LogP contribution in [0.1, 0.15) is 25.8 Å². The average Bonchev–Trinajstić information content (AvgIpc) is 2.38. The van der Waals surface area contributed by atoms with Gasteiger partial charge in [0.2, 0.25) is 5.91 Å². The molecule has 2 atom stereocenters. The van der Waals surface area contributed by atoms with Gasteiger partial charge in [0.05, 0.1) is 18.7 Å². The summed E-state index contributed by atoms with van der Waals surface area (Å²) in [4.78, 5) is 12.0. The van der Waals surface area contributed by atoms with E-state index >= 15 is 0 Å². The van der Waals surface area contributed by atoms with Gasteiger partial charge in [0.15, 0.2) is 0 Å². The van der Waals surface area contributed by atoms with Crippen LogP contribution >= 0.6 is 0 Å². The molecule has 0 radical (unpaired) electrons. The molecule has 1 amide bonds. The van der Waals surface area contributed by atoms with Crippen molar-refractivity contribution in [3.05, 3.63) is 35.9 Å². The van der Waals surface area contributed by atoms with Gasteiger partial charge in [-0.1, -0.05) is 44.2 Å². The fourth-order valence-corrected chi connectivity index (χ4v) is 2.02. The maximum absolute atomic E-state index is 12.0. The Morgan fingerprint density at radius 2 is 1.95 bits per heavy atom. The van der Waals surface area contributed by atoms with Crippen molar-refractivity contribution in [3.63, 3.8) is 0 Å². The molecule has 1 rings (SSSR count). The van der Waals surface area contributed by atoms with Crippen LogP contribution in [0.4, 0.5) is 0 Å². The van der Waals surface area contributed by atoms with Gasteiger partial charge in [-0.2, -0.15) is 0 Å². The zero-order valence-corrected chi connectivity index (χ0v) is 11.7. The highest BCUT2D eigenvalue weighted by Gasteiger charge is 2.18. The van der Waals surface area contributed by atoms with E-state index in [1.165, 1.54) is 0 Å². The van der Waals surface area contributed by atoms with Gasteiger partial charge in [-0.15, -0.1) is 0 Å². The van der Waals surface area contributed by atoms with Crippen LogP contribution in [-0.4, -0.2) is 29.7 Å². The fourth-order valence-electron chi connectivity index (χ4n) is 2.02. The minimum atomic E-state index is -0.580. The number of aliphatic hydroxyl groups excluding tert-OH is 1. The molecule has 1 unspecified atom stereocenters. The van der Waals surface area contributed by atoms with Gasteiger partial charge in [0.25, 0.3) is 0 Å². The lowest BCUT2D eigenvalue weighted by Gasteiger charge is -2.20. The molecule has 4 N–H and O–H groups in total. The first-order valence-electron chi connectivity index (χ1n) is 6.73. The van der Waals surface area contributed by atoms with Gasteiger partial charge in [0, 0.05) is 0 Å². The summed E-state index contributed by atoms with van der Waals surface area (Å²) < 4.78 is 0. The third kappa shape index (κ3) is 5.85. The Morgan fingerprint density at radius 3 is 2.47 bits per heavy atom. The predicted molar refractivity (Wildman–Crippen MR) is 76.6 cm³/mol. The molecule has 1 aromatic carbocycles. The topological polar surface area (TPSA) is 75.3 Å². The number of nitrogens with one attached hydrogen (secondary N) is 1. The molecule has 0 spiro atoms. The summed E-state index contributed by atoms with van der Waals surface area (Å²) in [5.41, 5.74) is 6.93. The minimum Gasteiger partial charge on any atom is -0.394 e. The summed E-state index contributed by atoms with van der Waals surface area (Å²) in [5.74, 6) is 0.214. The first-order chi connectivity index (χ1) is 9.02. The molecule has 0 aliphatic rings. The van der Waals surface area contributed by atoms with Gasteiger partial charge >= 0.3 is 0 Å². The van der Waals surface area contributed by atoms with Crippen molar-refractivity contribution in [2.24, 2.45) is 11.7 Å². The lowest BCUT2D eigenvalue weighted by atomic mass is 10.0. The van der Waals surface area contributed by atoms with E-state index in [4.69, 9.17) is 5.73 Å². The Morgan fingerprint density at radius 1 is 1.32 bits per heavy atom. The quantitative estimate of drug-likeness (QED) is 0.690. The van der Waals surface area contributed by atoms with E-state index in [0.717, 1.165) is 12.0 Å². The average molecular weight is 264 g/mol. The molecule has 0 fully saturated rings. The molecule has 0 aliphatic heterocycles. The summed E-state index contributed by atoms with van der Waals surface area (Å²) in [5, 5.41) is 12.0. The van der Waals surface area contributed by atoms with Crippen LogP contribution in [-0.2, 0) is 11.2 Å². The summed E-state index contributed by atoms with van der Waals surface area (Å²) in [7, 11) is 0. The Bertz CT molecular complexity index is 379. The largest absolute Gasteiger partial charge is 0.394 e. The monoisotopic (exact) mass is 264 g/mol. The van der Waals surface area contributed by atoms with Crippen molar-refractivity contribution in [1.82, 2.24) is 5.32 Å². The Hall–Kier alpha value is -1.39. The lowest BCUT2D eigenvalue weighted by molar-refractivity contribution is -0.123. The van der Waals surface area contributed by atoms with E-state index in [1.807, 2.05) is 30.3 Å². The highest BCUT2D eigenvalue weighted by molar-refractivity contribution is 5.82. The molecule has 0 saturated heterocycles. The van der Waals surface area contributed by atoms with Crippen LogP contribution in [0.15, 0.2) is 30.3 Å². The van der Waals surface area contributed by atoms with Crippen molar-refractivity contribution in [2.45, 2.75) is 38.8 Å². The number of carbonyl (C=O) groups is 1. The second-order valence-corrected chi connectivity index (χ2v) is 5.31. The lowest BCUT2D eigenvalue weighted by Crippen LogP contribution is -2.48. The van der Waals surface area contributed by atoms with Crippen molar-refractivity contribution in [2.75, 3.05) is 6.61 Å². The minimum absolute atomic E-state index is 0.0536. The van der Waals surface area contributed by atoms with E-state index in [0.29, 0.717) is 12.3 Å². The maximum atomic E-state index is 12.0. The van der Waals surface area contributed by atoms with Crippen molar-refractivity contribution in [1.29, 1.82) is 0 Å². The molecule has 19 heavy (non-hydrogen) atoms. The zero-order valence-electron chi connectivity index (χ0n) is 11.7. The summed E-state index contributed by atoms with van der Waals surface area (Å²) in [6.07, 6.45) is 1.26. The maximum Gasteiger partial charge on any atom is 0.237 e. The van der Waals surface area contributed by atoms with E-state index in [-0.39, 0.29) is 18.6 Å². The molecule has 0 aliphatic carbocycles.